The number of nitrogens with zero attached hydrogens (tertiary/aromatic N) is 2. The third-order valence-corrected chi connectivity index (χ3v) is 2.50. The second-order valence-corrected chi connectivity index (χ2v) is 5.25. The molecule has 6 N–H and O–H groups in total. The van der Waals surface area contributed by atoms with E-state index in [1.807, 2.05) is 0 Å². The van der Waals surface area contributed by atoms with E-state index in [0.29, 0.717) is 39.3 Å². The Kier molecular flexibility index (Phi) is 32.4. The van der Waals surface area contributed by atoms with Crippen LogP contribution in [0.1, 0.15) is 0 Å². The van der Waals surface area contributed by atoms with Crippen molar-refractivity contribution in [3.8, 4) is 0 Å². The van der Waals surface area contributed by atoms with E-state index in [4.69, 9.17) is 48.2 Å². The van der Waals surface area contributed by atoms with E-state index in [-0.39, 0.29) is 56.1 Å². The van der Waals surface area contributed by atoms with Crippen molar-refractivity contribution in [2.75, 3.05) is 78.9 Å². The molecule has 0 aromatic rings. The monoisotopic (exact) mass is 452 g/mol. The minimum Gasteiger partial charge on any atom is -0.759 e. The number of rotatable bonds is 12. The fraction of sp³-hybridized carbons (Fsp3) is 1.00. The van der Waals surface area contributed by atoms with E-state index in [2.05, 4.69) is 0 Å². The maximum absolute atomic E-state index is 8.52. The van der Waals surface area contributed by atoms with Crippen molar-refractivity contribution in [1.29, 1.82) is 0 Å². The summed E-state index contributed by atoms with van der Waals surface area (Å²) < 4.78 is 34.1. The predicted molar refractivity (Wildman–Crippen MR) is 85.9 cm³/mol. The van der Waals surface area contributed by atoms with Gasteiger partial charge in [-0.05, 0) is 0 Å². The van der Waals surface area contributed by atoms with E-state index >= 15 is 0 Å². The summed E-state index contributed by atoms with van der Waals surface area (Å²) in [6, 6.07) is 0. The molecule has 0 saturated carbocycles. The first-order valence-corrected chi connectivity index (χ1v) is 8.79. The molecule has 12 nitrogen and oxygen atoms in total. The summed E-state index contributed by atoms with van der Waals surface area (Å²) >= 11 is 0. The molecule has 0 fully saturated rings. The molecule has 0 saturated heterocycles. The van der Waals surface area contributed by atoms with Gasteiger partial charge in [-0.15, -0.1) is 0 Å². The van der Waals surface area contributed by atoms with E-state index in [1.165, 1.54) is 0 Å². The second-order valence-electron chi connectivity index (χ2n) is 4.43. The Bertz CT molecular complexity index is 296. The molecule has 0 heterocycles. The maximum Gasteiger partial charge on any atom is 2.00 e. The molecule has 0 aromatic carbocycles. The fourth-order valence-corrected chi connectivity index (χ4v) is 1.52. The zero-order valence-electron chi connectivity index (χ0n) is 14.4. The molecule has 0 amide bonds. The average molecular weight is 453 g/mol. The molecule has 0 aromatic heterocycles. The molecule has 0 bridgehead atoms. The second kappa shape index (κ2) is 25.0. The number of hydrogen-bond donors (Lipinski definition) is 6. The summed E-state index contributed by atoms with van der Waals surface area (Å²) in [5.41, 5.74) is 0. The van der Waals surface area contributed by atoms with Crippen molar-refractivity contribution in [2.45, 2.75) is 0 Å². The fourth-order valence-electron chi connectivity index (χ4n) is 1.52. The molecule has 0 spiro atoms. The molecular weight excluding hydrogens is 423 g/mol. The maximum atomic E-state index is 8.52. The van der Waals surface area contributed by atoms with Crippen LogP contribution in [-0.2, 0) is 26.9 Å². The predicted octanol–water partition coefficient (Wildman–Crippen LogP) is -4.81. The van der Waals surface area contributed by atoms with Gasteiger partial charge in [0.25, 0.3) is 0 Å². The summed E-state index contributed by atoms with van der Waals surface area (Å²) in [7, 11) is -5.17. The van der Waals surface area contributed by atoms with Gasteiger partial charge >= 0.3 is 16.5 Å². The van der Waals surface area contributed by atoms with Crippen LogP contribution in [0, 0.1) is 0 Å². The standard InChI is InChI=1S/2C6H15NO3.Ni.H2O4S/c2*8-4-1-7(2-5-9)3-6-10;;1-5(2,3)4/h2*8-10H,1-6H2;;(H2,1,2,3,4)/q;;+2;/p-2. The molecular formula is C12H30N2NiO10S. The normalized spacial score (nSPS) is 10.5. The Hall–Kier alpha value is 0.0435. The quantitative estimate of drug-likeness (QED) is 0.0935. The van der Waals surface area contributed by atoms with Gasteiger partial charge in [0.1, 0.15) is 0 Å². The molecule has 0 unspecified atom stereocenters. The van der Waals surface area contributed by atoms with Gasteiger partial charge < -0.3 is 39.7 Å². The molecule has 164 valence electrons. The third kappa shape index (κ3) is 39.2. The van der Waals surface area contributed by atoms with Crippen LogP contribution in [0.25, 0.3) is 0 Å². The Labute approximate surface area is 164 Å². The zero-order chi connectivity index (χ0) is 20.1. The van der Waals surface area contributed by atoms with Gasteiger partial charge in [-0.2, -0.15) is 0 Å². The van der Waals surface area contributed by atoms with Gasteiger partial charge in [0.05, 0.1) is 39.6 Å². The Balaban J connectivity index is -0.000000145. The average Bonchev–Trinajstić information content (AvgIpc) is 2.48. The summed E-state index contributed by atoms with van der Waals surface area (Å²) in [6.45, 7) is 3.51. The Morgan fingerprint density at radius 2 is 0.654 bits per heavy atom. The molecule has 0 aliphatic rings. The van der Waals surface area contributed by atoms with Gasteiger partial charge in [-0.3, -0.25) is 18.2 Å². The van der Waals surface area contributed by atoms with Crippen molar-refractivity contribution >= 4 is 10.4 Å². The molecule has 0 radical (unpaired) electrons. The van der Waals surface area contributed by atoms with Gasteiger partial charge in [-0.25, -0.2) is 0 Å². The van der Waals surface area contributed by atoms with Crippen LogP contribution in [-0.4, -0.2) is 137 Å². The molecule has 0 rings (SSSR count). The summed E-state index contributed by atoms with van der Waals surface area (Å²) in [6.07, 6.45) is 0. The third-order valence-electron chi connectivity index (χ3n) is 2.50. The van der Waals surface area contributed by atoms with Crippen LogP contribution in [0.15, 0.2) is 0 Å². The SMILES string of the molecule is O=S(=O)([O-])[O-].OCCN(CCO)CCO.OCCN(CCO)CCO.[Ni+2]. The van der Waals surface area contributed by atoms with Gasteiger partial charge in [0, 0.05) is 49.7 Å². The van der Waals surface area contributed by atoms with Crippen molar-refractivity contribution in [2.24, 2.45) is 0 Å². The van der Waals surface area contributed by atoms with E-state index < -0.39 is 10.4 Å². The van der Waals surface area contributed by atoms with Crippen LogP contribution in [0.4, 0.5) is 0 Å². The van der Waals surface area contributed by atoms with Crippen molar-refractivity contribution < 1.29 is 64.7 Å². The molecule has 14 heteroatoms. The van der Waals surface area contributed by atoms with E-state index in [1.54, 1.807) is 9.80 Å². The molecule has 0 aliphatic carbocycles. The topological polar surface area (TPSA) is 208 Å². The van der Waals surface area contributed by atoms with Gasteiger partial charge in [-0.1, -0.05) is 0 Å². The Morgan fingerprint density at radius 3 is 0.731 bits per heavy atom. The van der Waals surface area contributed by atoms with E-state index in [9.17, 15) is 0 Å². The summed E-state index contributed by atoms with van der Waals surface area (Å²) in [5, 5.41) is 50.9. The first kappa shape index (κ1) is 33.6. The van der Waals surface area contributed by atoms with Gasteiger partial charge in [0.2, 0.25) is 0 Å². The molecule has 0 aliphatic heterocycles. The molecule has 0 atom stereocenters. The van der Waals surface area contributed by atoms with Crippen LogP contribution >= 0.6 is 0 Å². The van der Waals surface area contributed by atoms with Crippen LogP contribution in [0.3, 0.4) is 0 Å². The van der Waals surface area contributed by atoms with Crippen LogP contribution < -0.4 is 0 Å². The zero-order valence-corrected chi connectivity index (χ0v) is 16.2. The first-order chi connectivity index (χ1) is 11.7. The van der Waals surface area contributed by atoms with E-state index in [0.717, 1.165) is 0 Å². The van der Waals surface area contributed by atoms with Gasteiger partial charge in [0.15, 0.2) is 0 Å². The van der Waals surface area contributed by atoms with Crippen LogP contribution in [0.5, 0.6) is 0 Å². The largest absolute Gasteiger partial charge is 2.00 e. The number of hydrogen-bond acceptors (Lipinski definition) is 12. The first-order valence-electron chi connectivity index (χ1n) is 7.46. The summed E-state index contributed by atoms with van der Waals surface area (Å²) in [4.78, 5) is 3.58. The van der Waals surface area contributed by atoms with Crippen molar-refractivity contribution in [3.05, 3.63) is 0 Å². The molecule has 26 heavy (non-hydrogen) atoms. The smallest absolute Gasteiger partial charge is 0.759 e. The minimum absolute atomic E-state index is 0. The van der Waals surface area contributed by atoms with Crippen molar-refractivity contribution in [1.82, 2.24) is 9.80 Å². The number of aliphatic hydroxyl groups excluding tert-OH is 6. The van der Waals surface area contributed by atoms with Crippen molar-refractivity contribution in [3.63, 3.8) is 0 Å². The van der Waals surface area contributed by atoms with Crippen LogP contribution in [0.2, 0.25) is 0 Å². The Morgan fingerprint density at radius 1 is 0.538 bits per heavy atom. The number of aliphatic hydroxyl groups is 6. The minimum atomic E-state index is -5.17. The summed E-state index contributed by atoms with van der Waals surface area (Å²) in [5.74, 6) is 0.